The minimum atomic E-state index is -0.132. The molecular formula is C38H21N3O2. The lowest BCUT2D eigenvalue weighted by atomic mass is 9.94. The van der Waals surface area contributed by atoms with Crippen molar-refractivity contribution in [1.82, 2.24) is 14.0 Å². The molecule has 0 unspecified atom stereocenters. The van der Waals surface area contributed by atoms with E-state index >= 15 is 0 Å². The van der Waals surface area contributed by atoms with Crippen LogP contribution in [0.5, 0.6) is 0 Å². The number of hydrogen-bond acceptors (Lipinski definition) is 3. The lowest BCUT2D eigenvalue weighted by Gasteiger charge is -2.13. The summed E-state index contributed by atoms with van der Waals surface area (Å²) in [4.78, 5) is 18.5. The lowest BCUT2D eigenvalue weighted by Crippen LogP contribution is -2.12. The molecule has 0 saturated carbocycles. The Morgan fingerprint density at radius 1 is 0.512 bits per heavy atom. The molecule has 10 rings (SSSR count). The van der Waals surface area contributed by atoms with Crippen LogP contribution in [-0.2, 0) is 0 Å². The lowest BCUT2D eigenvalue weighted by molar-refractivity contribution is 0.620. The van der Waals surface area contributed by atoms with Crippen LogP contribution in [-0.4, -0.2) is 14.0 Å². The Hall–Kier alpha value is -5.94. The Labute approximate surface area is 243 Å². The van der Waals surface area contributed by atoms with Crippen LogP contribution in [0.2, 0.25) is 0 Å². The van der Waals surface area contributed by atoms with Gasteiger partial charge in [-0.25, -0.2) is 4.40 Å². The Kier molecular flexibility index (Phi) is 4.27. The van der Waals surface area contributed by atoms with Gasteiger partial charge in [-0.15, -0.1) is 0 Å². The van der Waals surface area contributed by atoms with Crippen LogP contribution in [0.25, 0.3) is 87.7 Å². The van der Waals surface area contributed by atoms with Crippen LogP contribution in [0.15, 0.2) is 137 Å². The fourth-order valence-electron chi connectivity index (χ4n) is 7.10. The molecule has 0 saturated heterocycles. The number of nitrogens with zero attached hydrogens (tertiary/aromatic N) is 3. The van der Waals surface area contributed by atoms with E-state index < -0.39 is 0 Å². The molecule has 200 valence electrons. The maximum atomic E-state index is 13.9. The van der Waals surface area contributed by atoms with Gasteiger partial charge in [0.1, 0.15) is 0 Å². The number of hydrogen-bond donors (Lipinski definition) is 0. The summed E-state index contributed by atoms with van der Waals surface area (Å²) in [6, 6.07) is 43.9. The van der Waals surface area contributed by atoms with E-state index in [-0.39, 0.29) is 5.56 Å². The van der Waals surface area contributed by atoms with Crippen LogP contribution in [0, 0.1) is 0 Å². The van der Waals surface area contributed by atoms with Crippen molar-refractivity contribution in [3.05, 3.63) is 138 Å². The van der Waals surface area contributed by atoms with Gasteiger partial charge in [0.25, 0.3) is 5.56 Å². The van der Waals surface area contributed by atoms with Crippen molar-refractivity contribution in [3.63, 3.8) is 0 Å². The summed E-state index contributed by atoms with van der Waals surface area (Å²) in [7, 11) is 0. The van der Waals surface area contributed by atoms with Gasteiger partial charge in [-0.2, -0.15) is 4.98 Å². The number of aromatic nitrogens is 3. The molecule has 0 aliphatic heterocycles. The highest BCUT2D eigenvalue weighted by atomic mass is 16.4. The molecule has 0 N–H and O–H groups in total. The molecule has 0 spiro atoms. The molecule has 0 atom stereocenters. The van der Waals surface area contributed by atoms with E-state index in [0.717, 1.165) is 38.5 Å². The Morgan fingerprint density at radius 3 is 1.84 bits per heavy atom. The van der Waals surface area contributed by atoms with Gasteiger partial charge >= 0.3 is 5.84 Å². The maximum Gasteiger partial charge on any atom is 0.310 e. The standard InChI is InChI=1S/C38H21N3O2/c42-37-29-19-20-34-35(36(29)43-38-39-31-14-6-8-16-33(31)41(37)38)28-13-5-7-15-32(28)40(34)22-17-18-27-25-11-2-1-9-23(25)24-10-3-4-12-26(24)30(27)21-22/h1-21H. The second-order valence-electron chi connectivity index (χ2n) is 11.1. The van der Waals surface area contributed by atoms with Crippen molar-refractivity contribution in [1.29, 1.82) is 0 Å². The monoisotopic (exact) mass is 551 g/mol. The Morgan fingerprint density at radius 2 is 1.09 bits per heavy atom. The zero-order valence-corrected chi connectivity index (χ0v) is 22.8. The van der Waals surface area contributed by atoms with Crippen LogP contribution in [0.3, 0.4) is 0 Å². The third-order valence-electron chi connectivity index (χ3n) is 8.93. The first kappa shape index (κ1) is 22.7. The molecule has 0 aliphatic rings. The Bertz CT molecular complexity index is 2840. The third kappa shape index (κ3) is 2.90. The summed E-state index contributed by atoms with van der Waals surface area (Å²) < 4.78 is 10.3. The predicted octanol–water partition coefficient (Wildman–Crippen LogP) is 9.15. The maximum absolute atomic E-state index is 13.9. The molecule has 3 heterocycles. The van der Waals surface area contributed by atoms with E-state index in [1.807, 2.05) is 42.5 Å². The normalized spacial score (nSPS) is 12.3. The van der Waals surface area contributed by atoms with E-state index in [1.165, 1.54) is 32.3 Å². The first-order chi connectivity index (χ1) is 21.3. The van der Waals surface area contributed by atoms with Crippen molar-refractivity contribution >= 4 is 82.0 Å². The van der Waals surface area contributed by atoms with E-state index in [1.54, 1.807) is 4.40 Å². The SMILES string of the molecule is O=c1c2ccc3c(c4ccccc4n3-c3ccc4c5ccccc5c5ccccc5c4c3)c2oc2nc3ccccc3n12. The number of fused-ring (bicyclic) bond motifs is 14. The predicted molar refractivity (Wildman–Crippen MR) is 176 cm³/mol. The molecule has 5 heteroatoms. The number of benzene rings is 7. The van der Waals surface area contributed by atoms with Gasteiger partial charge in [0, 0.05) is 11.1 Å². The number of rotatable bonds is 1. The highest BCUT2D eigenvalue weighted by Crippen LogP contribution is 2.40. The molecular weight excluding hydrogens is 530 g/mol. The molecule has 10 aromatic rings. The molecule has 0 aliphatic carbocycles. The summed E-state index contributed by atoms with van der Waals surface area (Å²) in [6.45, 7) is 0. The third-order valence-corrected chi connectivity index (χ3v) is 8.93. The molecule has 0 radical (unpaired) electrons. The van der Waals surface area contributed by atoms with E-state index in [0.29, 0.717) is 16.8 Å². The van der Waals surface area contributed by atoms with Gasteiger partial charge < -0.3 is 8.98 Å². The van der Waals surface area contributed by atoms with E-state index in [4.69, 9.17) is 4.42 Å². The summed E-state index contributed by atoms with van der Waals surface area (Å²) in [5, 5.41) is 9.86. The minimum absolute atomic E-state index is 0.132. The average Bonchev–Trinajstić information content (AvgIpc) is 3.61. The smallest absolute Gasteiger partial charge is 0.310 e. The van der Waals surface area contributed by atoms with Crippen LogP contribution < -0.4 is 5.56 Å². The van der Waals surface area contributed by atoms with Crippen molar-refractivity contribution in [2.24, 2.45) is 0 Å². The highest BCUT2D eigenvalue weighted by Gasteiger charge is 2.20. The Balaban J connectivity index is 1.35. The average molecular weight is 552 g/mol. The molecule has 7 aromatic carbocycles. The minimum Gasteiger partial charge on any atom is -0.424 e. The van der Waals surface area contributed by atoms with Crippen molar-refractivity contribution < 1.29 is 4.42 Å². The molecule has 5 nitrogen and oxygen atoms in total. The van der Waals surface area contributed by atoms with E-state index in [9.17, 15) is 4.79 Å². The van der Waals surface area contributed by atoms with Gasteiger partial charge in [-0.1, -0.05) is 84.9 Å². The summed E-state index contributed by atoms with van der Waals surface area (Å²) in [5.41, 5.74) is 4.96. The molecule has 0 fully saturated rings. The number of imidazole rings is 1. The molecule has 0 bridgehead atoms. The summed E-state index contributed by atoms with van der Waals surface area (Å²) in [6.07, 6.45) is 0. The number of para-hydroxylation sites is 3. The van der Waals surface area contributed by atoms with Gasteiger partial charge in [0.2, 0.25) is 0 Å². The molecule has 43 heavy (non-hydrogen) atoms. The summed E-state index contributed by atoms with van der Waals surface area (Å²) >= 11 is 0. The zero-order valence-electron chi connectivity index (χ0n) is 22.8. The van der Waals surface area contributed by atoms with Crippen LogP contribution in [0.4, 0.5) is 0 Å². The van der Waals surface area contributed by atoms with Gasteiger partial charge in [0.05, 0.1) is 32.8 Å². The van der Waals surface area contributed by atoms with Crippen LogP contribution in [0.1, 0.15) is 0 Å². The molecule has 0 amide bonds. The first-order valence-corrected chi connectivity index (χ1v) is 14.4. The fraction of sp³-hybridized carbons (Fsp3) is 0. The van der Waals surface area contributed by atoms with Gasteiger partial charge in [-0.3, -0.25) is 4.79 Å². The van der Waals surface area contributed by atoms with Crippen molar-refractivity contribution in [2.75, 3.05) is 0 Å². The first-order valence-electron chi connectivity index (χ1n) is 14.4. The summed E-state index contributed by atoms with van der Waals surface area (Å²) in [5.74, 6) is 0.298. The second-order valence-corrected chi connectivity index (χ2v) is 11.1. The fourth-order valence-corrected chi connectivity index (χ4v) is 7.10. The molecule has 3 aromatic heterocycles. The van der Waals surface area contributed by atoms with Crippen molar-refractivity contribution in [2.45, 2.75) is 0 Å². The quantitative estimate of drug-likeness (QED) is 0.191. The van der Waals surface area contributed by atoms with Crippen LogP contribution >= 0.6 is 0 Å². The highest BCUT2D eigenvalue weighted by molar-refractivity contribution is 6.26. The largest absolute Gasteiger partial charge is 0.424 e. The van der Waals surface area contributed by atoms with E-state index in [2.05, 4.69) is 94.5 Å². The van der Waals surface area contributed by atoms with Crippen molar-refractivity contribution in [3.8, 4) is 5.69 Å². The van der Waals surface area contributed by atoms with Gasteiger partial charge in [0.15, 0.2) is 5.58 Å². The van der Waals surface area contributed by atoms with Gasteiger partial charge in [-0.05, 0) is 74.8 Å². The second kappa shape index (κ2) is 8.08. The zero-order chi connectivity index (χ0) is 28.2. The topological polar surface area (TPSA) is 52.4 Å².